The summed E-state index contributed by atoms with van der Waals surface area (Å²) in [6.07, 6.45) is 7.22. The molecule has 1 aliphatic rings. The number of hydrogen-bond acceptors (Lipinski definition) is 3. The van der Waals surface area contributed by atoms with Gasteiger partial charge in [-0.2, -0.15) is 0 Å². The summed E-state index contributed by atoms with van der Waals surface area (Å²) in [5.41, 5.74) is 5.73. The van der Waals surface area contributed by atoms with Crippen LogP contribution in [0.4, 0.5) is 5.82 Å². The molecule has 138 valence electrons. The van der Waals surface area contributed by atoms with Crippen LogP contribution in [0.3, 0.4) is 0 Å². The van der Waals surface area contributed by atoms with Gasteiger partial charge in [0.1, 0.15) is 5.82 Å². The highest BCUT2D eigenvalue weighted by Gasteiger charge is 2.15. The van der Waals surface area contributed by atoms with Crippen molar-refractivity contribution in [2.24, 2.45) is 4.99 Å². The summed E-state index contributed by atoms with van der Waals surface area (Å²) >= 11 is 0. The van der Waals surface area contributed by atoms with Crippen molar-refractivity contribution in [3.63, 3.8) is 0 Å². The minimum Gasteiger partial charge on any atom is -0.338 e. The highest BCUT2D eigenvalue weighted by molar-refractivity contribution is 5.80. The number of benzene rings is 2. The van der Waals surface area contributed by atoms with Gasteiger partial charge in [0.25, 0.3) is 0 Å². The van der Waals surface area contributed by atoms with E-state index in [9.17, 15) is 4.79 Å². The first kappa shape index (κ1) is 16.5. The third kappa shape index (κ3) is 2.70. The van der Waals surface area contributed by atoms with Gasteiger partial charge in [-0.3, -0.25) is 9.55 Å². The Morgan fingerprint density at radius 3 is 2.79 bits per heavy atom. The Bertz CT molecular complexity index is 1280. The molecule has 0 amide bonds. The summed E-state index contributed by atoms with van der Waals surface area (Å²) in [5.74, 6) is 1.44. The maximum atomic E-state index is 12.4. The Morgan fingerprint density at radius 1 is 1.11 bits per heavy atom. The third-order valence-electron chi connectivity index (χ3n) is 5.06. The van der Waals surface area contributed by atoms with Crippen LogP contribution in [-0.4, -0.2) is 25.7 Å². The van der Waals surface area contributed by atoms with Gasteiger partial charge in [0.15, 0.2) is 5.82 Å². The van der Waals surface area contributed by atoms with Crippen LogP contribution in [0.15, 0.2) is 64.4 Å². The smallest absolute Gasteiger partial charge is 0.332 e. The van der Waals surface area contributed by atoms with Gasteiger partial charge >= 0.3 is 5.69 Å². The Kier molecular flexibility index (Phi) is 3.83. The molecule has 0 spiro atoms. The molecular weight excluding hydrogens is 350 g/mol. The minimum atomic E-state index is -0.180. The largest absolute Gasteiger partial charge is 0.338 e. The average molecular weight is 369 g/mol. The van der Waals surface area contributed by atoms with Gasteiger partial charge < -0.3 is 4.98 Å². The van der Waals surface area contributed by atoms with E-state index in [-0.39, 0.29) is 5.69 Å². The molecule has 2 aromatic carbocycles. The zero-order valence-electron chi connectivity index (χ0n) is 15.4. The number of fused-ring (bicyclic) bond motifs is 2. The Labute approximate surface area is 161 Å². The number of aromatic nitrogens is 4. The van der Waals surface area contributed by atoms with E-state index in [4.69, 9.17) is 4.98 Å². The lowest BCUT2D eigenvalue weighted by Gasteiger charge is -2.07. The number of aliphatic imine (C=N–C) groups is 1. The predicted octanol–water partition coefficient (Wildman–Crippen LogP) is 4.09. The maximum Gasteiger partial charge on any atom is 0.332 e. The lowest BCUT2D eigenvalue weighted by molar-refractivity contribution is 0.924. The zero-order valence-corrected chi connectivity index (χ0v) is 15.4. The normalized spacial score (nSPS) is 13.0. The standard InChI is InChI=1S/C22H19N5O/c1-2-14-6-11-17-18(13-14)25-20(24-17)15-7-9-16(10-8-15)27-19-5-3-4-12-23-21(19)26-22(27)28/h3-4,6-13H,2,5H2,1H3,(H,24,25)(H,26,28). The molecule has 0 atom stereocenters. The van der Waals surface area contributed by atoms with Gasteiger partial charge in [0, 0.05) is 18.2 Å². The molecule has 0 bridgehead atoms. The number of rotatable bonds is 3. The summed E-state index contributed by atoms with van der Waals surface area (Å²) < 4.78 is 1.68. The van der Waals surface area contributed by atoms with Gasteiger partial charge in [-0.1, -0.05) is 19.1 Å². The molecule has 0 unspecified atom stereocenters. The summed E-state index contributed by atoms with van der Waals surface area (Å²) in [4.78, 5) is 27.7. The summed E-state index contributed by atoms with van der Waals surface area (Å²) in [5, 5.41) is 0. The van der Waals surface area contributed by atoms with Crippen molar-refractivity contribution in [1.82, 2.24) is 19.5 Å². The lowest BCUT2D eigenvalue weighted by Crippen LogP contribution is -2.16. The van der Waals surface area contributed by atoms with Gasteiger partial charge in [-0.25, -0.2) is 14.8 Å². The van der Waals surface area contributed by atoms with Crippen LogP contribution in [0.5, 0.6) is 0 Å². The molecule has 0 fully saturated rings. The van der Waals surface area contributed by atoms with E-state index in [1.54, 1.807) is 10.8 Å². The number of hydrogen-bond donors (Lipinski definition) is 2. The zero-order chi connectivity index (χ0) is 19.1. The monoisotopic (exact) mass is 369 g/mol. The molecular formula is C22H19N5O. The lowest BCUT2D eigenvalue weighted by atomic mass is 10.1. The molecule has 0 radical (unpaired) electrons. The first-order chi connectivity index (χ1) is 13.7. The van der Waals surface area contributed by atoms with E-state index in [0.717, 1.165) is 40.2 Å². The van der Waals surface area contributed by atoms with Crippen LogP contribution in [0.1, 0.15) is 18.2 Å². The van der Waals surface area contributed by atoms with Gasteiger partial charge in [-0.05, 0) is 54.5 Å². The second-order valence-corrected chi connectivity index (χ2v) is 6.81. The molecule has 2 aromatic heterocycles. The summed E-state index contributed by atoms with van der Waals surface area (Å²) in [6.45, 7) is 2.14. The van der Waals surface area contributed by atoms with E-state index >= 15 is 0 Å². The Morgan fingerprint density at radius 2 is 1.96 bits per heavy atom. The topological polar surface area (TPSA) is 78.8 Å². The quantitative estimate of drug-likeness (QED) is 0.570. The Hall–Kier alpha value is -3.67. The highest BCUT2D eigenvalue weighted by Crippen LogP contribution is 2.25. The van der Waals surface area contributed by atoms with E-state index < -0.39 is 0 Å². The van der Waals surface area contributed by atoms with E-state index in [1.165, 1.54) is 5.56 Å². The number of nitrogens with zero attached hydrogens (tertiary/aromatic N) is 3. The molecule has 5 rings (SSSR count). The van der Waals surface area contributed by atoms with Crippen LogP contribution in [0.25, 0.3) is 28.1 Å². The van der Waals surface area contributed by atoms with E-state index in [0.29, 0.717) is 12.2 Å². The molecule has 0 saturated heterocycles. The fraction of sp³-hybridized carbons (Fsp3) is 0.136. The van der Waals surface area contributed by atoms with Crippen molar-refractivity contribution in [2.45, 2.75) is 19.8 Å². The molecule has 6 nitrogen and oxygen atoms in total. The minimum absolute atomic E-state index is 0.180. The van der Waals surface area contributed by atoms with Crippen LogP contribution < -0.4 is 5.69 Å². The first-order valence-electron chi connectivity index (χ1n) is 9.35. The number of allylic oxidation sites excluding steroid dienone is 2. The van der Waals surface area contributed by atoms with Crippen molar-refractivity contribution in [3.05, 3.63) is 76.4 Å². The molecule has 2 N–H and O–H groups in total. The van der Waals surface area contributed by atoms with E-state index in [2.05, 4.69) is 34.0 Å². The second kappa shape index (κ2) is 6.49. The molecule has 28 heavy (non-hydrogen) atoms. The second-order valence-electron chi connectivity index (χ2n) is 6.81. The first-order valence-corrected chi connectivity index (χ1v) is 9.35. The van der Waals surface area contributed by atoms with Gasteiger partial charge in [-0.15, -0.1) is 0 Å². The van der Waals surface area contributed by atoms with Crippen LogP contribution in [-0.2, 0) is 12.8 Å². The van der Waals surface area contributed by atoms with Crippen molar-refractivity contribution < 1.29 is 0 Å². The fourth-order valence-corrected chi connectivity index (χ4v) is 3.57. The van der Waals surface area contributed by atoms with Gasteiger partial charge in [0.2, 0.25) is 0 Å². The summed E-state index contributed by atoms with van der Waals surface area (Å²) in [6, 6.07) is 14.1. The Balaban J connectivity index is 1.54. The predicted molar refractivity (Wildman–Crippen MR) is 112 cm³/mol. The number of aromatic amines is 2. The van der Waals surface area contributed by atoms with Crippen LogP contribution in [0.2, 0.25) is 0 Å². The number of aryl methyl sites for hydroxylation is 1. The fourth-order valence-electron chi connectivity index (χ4n) is 3.57. The van der Waals surface area contributed by atoms with Crippen LogP contribution >= 0.6 is 0 Å². The number of H-pyrrole nitrogens is 2. The molecule has 0 aliphatic carbocycles. The van der Waals surface area contributed by atoms with Crippen molar-refractivity contribution in [3.8, 4) is 17.1 Å². The molecule has 3 heterocycles. The van der Waals surface area contributed by atoms with Crippen molar-refractivity contribution >= 4 is 23.1 Å². The van der Waals surface area contributed by atoms with Crippen molar-refractivity contribution in [2.75, 3.05) is 0 Å². The third-order valence-corrected chi connectivity index (χ3v) is 5.06. The van der Waals surface area contributed by atoms with E-state index in [1.807, 2.05) is 42.5 Å². The number of imidazole rings is 2. The SMILES string of the molecule is CCc1ccc2nc(-c3ccc(-n4c5c([nH]c4=O)N=CC=CC5)cc3)[nH]c2c1. The summed E-state index contributed by atoms with van der Waals surface area (Å²) in [7, 11) is 0. The van der Waals surface area contributed by atoms with Crippen molar-refractivity contribution in [1.29, 1.82) is 0 Å². The van der Waals surface area contributed by atoms with Crippen LogP contribution in [0, 0.1) is 0 Å². The molecule has 6 heteroatoms. The highest BCUT2D eigenvalue weighted by atomic mass is 16.1. The van der Waals surface area contributed by atoms with Gasteiger partial charge in [0.05, 0.1) is 22.4 Å². The molecule has 1 aliphatic heterocycles. The average Bonchev–Trinajstić information content (AvgIpc) is 3.20. The molecule has 0 saturated carbocycles. The number of nitrogens with one attached hydrogen (secondary N) is 2. The molecule has 4 aromatic rings. The maximum absolute atomic E-state index is 12.4.